The van der Waals surface area contributed by atoms with Crippen LogP contribution < -0.4 is 5.32 Å². The summed E-state index contributed by atoms with van der Waals surface area (Å²) in [4.78, 5) is 2.58. The van der Waals surface area contributed by atoms with Gasteiger partial charge < -0.3 is 15.0 Å². The molecule has 1 aliphatic heterocycles. The Bertz CT molecular complexity index is 211. The molecule has 3 heteroatoms. The van der Waals surface area contributed by atoms with Gasteiger partial charge in [0.1, 0.15) is 0 Å². The number of nitrogens with one attached hydrogen (secondary N) is 1. The van der Waals surface area contributed by atoms with Gasteiger partial charge in [-0.1, -0.05) is 20.8 Å². The molecular formula is C15H32N2O. The van der Waals surface area contributed by atoms with E-state index in [-0.39, 0.29) is 0 Å². The van der Waals surface area contributed by atoms with Gasteiger partial charge in [-0.25, -0.2) is 0 Å². The average molecular weight is 256 g/mol. The van der Waals surface area contributed by atoms with E-state index >= 15 is 0 Å². The summed E-state index contributed by atoms with van der Waals surface area (Å²) >= 11 is 0. The van der Waals surface area contributed by atoms with Gasteiger partial charge in [0.15, 0.2) is 0 Å². The summed E-state index contributed by atoms with van der Waals surface area (Å²) in [7, 11) is 2.29. The molecule has 0 aliphatic carbocycles. The normalized spacial score (nSPS) is 18.5. The SMILES string of the molecule is CCNCC(CC)(CC)CN(C)C1CCOCC1. The third kappa shape index (κ3) is 4.52. The highest BCUT2D eigenvalue weighted by molar-refractivity contribution is 4.84. The quantitative estimate of drug-likeness (QED) is 0.722. The van der Waals surface area contributed by atoms with Crippen molar-refractivity contribution < 1.29 is 4.74 Å². The Balaban J connectivity index is 2.52. The van der Waals surface area contributed by atoms with Gasteiger partial charge in [0.05, 0.1) is 0 Å². The largest absolute Gasteiger partial charge is 0.381 e. The van der Waals surface area contributed by atoms with Crippen molar-refractivity contribution in [3.63, 3.8) is 0 Å². The zero-order chi connectivity index (χ0) is 13.4. The van der Waals surface area contributed by atoms with E-state index in [2.05, 4.69) is 38.0 Å². The van der Waals surface area contributed by atoms with E-state index < -0.39 is 0 Å². The fourth-order valence-corrected chi connectivity index (χ4v) is 2.95. The first kappa shape index (κ1) is 15.9. The van der Waals surface area contributed by atoms with Gasteiger partial charge in [0.2, 0.25) is 0 Å². The number of rotatable bonds is 8. The third-order valence-corrected chi connectivity index (χ3v) is 4.65. The smallest absolute Gasteiger partial charge is 0.0480 e. The molecule has 1 aliphatic rings. The van der Waals surface area contributed by atoms with Crippen LogP contribution in [-0.2, 0) is 4.74 Å². The maximum Gasteiger partial charge on any atom is 0.0480 e. The Morgan fingerprint density at radius 1 is 1.17 bits per heavy atom. The van der Waals surface area contributed by atoms with Gasteiger partial charge >= 0.3 is 0 Å². The molecule has 0 aromatic heterocycles. The predicted molar refractivity (Wildman–Crippen MR) is 78.0 cm³/mol. The Hall–Kier alpha value is -0.120. The molecule has 0 unspecified atom stereocenters. The highest BCUT2D eigenvalue weighted by Gasteiger charge is 2.30. The van der Waals surface area contributed by atoms with Crippen molar-refractivity contribution in [2.24, 2.45) is 5.41 Å². The van der Waals surface area contributed by atoms with E-state index in [9.17, 15) is 0 Å². The summed E-state index contributed by atoms with van der Waals surface area (Å²) in [5, 5.41) is 3.55. The average Bonchev–Trinajstić information content (AvgIpc) is 2.44. The molecule has 0 bridgehead atoms. The van der Waals surface area contributed by atoms with Crippen molar-refractivity contribution in [1.29, 1.82) is 0 Å². The molecule has 1 saturated heterocycles. The second-order valence-corrected chi connectivity index (χ2v) is 5.75. The van der Waals surface area contributed by atoms with Gasteiger partial charge in [-0.15, -0.1) is 0 Å². The maximum absolute atomic E-state index is 5.46. The minimum absolute atomic E-state index is 0.434. The number of hydrogen-bond acceptors (Lipinski definition) is 3. The molecule has 18 heavy (non-hydrogen) atoms. The van der Waals surface area contributed by atoms with E-state index in [0.29, 0.717) is 5.41 Å². The minimum atomic E-state index is 0.434. The van der Waals surface area contributed by atoms with Gasteiger partial charge in [0, 0.05) is 32.3 Å². The molecule has 0 aromatic rings. The second-order valence-electron chi connectivity index (χ2n) is 5.75. The van der Waals surface area contributed by atoms with Gasteiger partial charge in [-0.05, 0) is 44.7 Å². The minimum Gasteiger partial charge on any atom is -0.381 e. The van der Waals surface area contributed by atoms with Crippen LogP contribution in [0.5, 0.6) is 0 Å². The van der Waals surface area contributed by atoms with Crippen molar-refractivity contribution in [1.82, 2.24) is 10.2 Å². The summed E-state index contributed by atoms with van der Waals surface area (Å²) in [6.07, 6.45) is 4.90. The highest BCUT2D eigenvalue weighted by Crippen LogP contribution is 2.28. The Morgan fingerprint density at radius 2 is 1.78 bits per heavy atom. The summed E-state index contributed by atoms with van der Waals surface area (Å²) in [5.41, 5.74) is 0.434. The molecule has 1 fully saturated rings. The highest BCUT2D eigenvalue weighted by atomic mass is 16.5. The van der Waals surface area contributed by atoms with Gasteiger partial charge in [0.25, 0.3) is 0 Å². The summed E-state index contributed by atoms with van der Waals surface area (Å²) in [6.45, 7) is 12.2. The standard InChI is InChI=1S/C15H32N2O/c1-5-15(6-2,12-16-7-3)13-17(4)14-8-10-18-11-9-14/h14,16H,5-13H2,1-4H3. The van der Waals surface area contributed by atoms with Crippen LogP contribution in [0, 0.1) is 5.41 Å². The summed E-state index contributed by atoms with van der Waals surface area (Å²) in [5.74, 6) is 0. The lowest BCUT2D eigenvalue weighted by atomic mass is 9.81. The number of hydrogen-bond donors (Lipinski definition) is 1. The summed E-state index contributed by atoms with van der Waals surface area (Å²) < 4.78 is 5.46. The van der Waals surface area contributed by atoms with Crippen LogP contribution in [0.25, 0.3) is 0 Å². The van der Waals surface area contributed by atoms with Crippen LogP contribution >= 0.6 is 0 Å². The molecule has 0 saturated carbocycles. The Labute approximate surface area is 113 Å². The van der Waals surface area contributed by atoms with Crippen LogP contribution in [-0.4, -0.2) is 50.8 Å². The Kier molecular flexibility index (Phi) is 7.20. The first-order valence-corrected chi connectivity index (χ1v) is 7.66. The molecule has 0 spiro atoms. The molecule has 1 rings (SSSR count). The number of ether oxygens (including phenoxy) is 1. The van der Waals surface area contributed by atoms with Crippen LogP contribution in [0.1, 0.15) is 46.5 Å². The molecule has 1 heterocycles. The zero-order valence-electron chi connectivity index (χ0n) is 12.8. The molecule has 108 valence electrons. The van der Waals surface area contributed by atoms with Crippen LogP contribution in [0.3, 0.4) is 0 Å². The van der Waals surface area contributed by atoms with Crippen molar-refractivity contribution in [2.45, 2.75) is 52.5 Å². The molecule has 0 radical (unpaired) electrons. The van der Waals surface area contributed by atoms with Gasteiger partial charge in [-0.2, -0.15) is 0 Å². The number of nitrogens with zero attached hydrogens (tertiary/aromatic N) is 1. The molecule has 3 nitrogen and oxygen atoms in total. The van der Waals surface area contributed by atoms with Crippen LogP contribution in [0.4, 0.5) is 0 Å². The van der Waals surface area contributed by atoms with Crippen LogP contribution in [0.2, 0.25) is 0 Å². The molecule has 0 atom stereocenters. The maximum atomic E-state index is 5.46. The molecular weight excluding hydrogens is 224 g/mol. The molecule has 0 amide bonds. The van der Waals surface area contributed by atoms with Crippen LogP contribution in [0.15, 0.2) is 0 Å². The van der Waals surface area contributed by atoms with Crippen molar-refractivity contribution in [2.75, 3.05) is 39.9 Å². The van der Waals surface area contributed by atoms with Crippen molar-refractivity contribution >= 4 is 0 Å². The van der Waals surface area contributed by atoms with Gasteiger partial charge in [-0.3, -0.25) is 0 Å². The van der Waals surface area contributed by atoms with E-state index in [1.807, 2.05) is 0 Å². The van der Waals surface area contributed by atoms with E-state index in [1.165, 1.54) is 32.2 Å². The fraction of sp³-hybridized carbons (Fsp3) is 1.00. The fourth-order valence-electron chi connectivity index (χ4n) is 2.95. The predicted octanol–water partition coefficient (Wildman–Crippen LogP) is 2.51. The molecule has 1 N–H and O–H groups in total. The second kappa shape index (κ2) is 8.13. The zero-order valence-corrected chi connectivity index (χ0v) is 12.8. The topological polar surface area (TPSA) is 24.5 Å². The lowest BCUT2D eigenvalue weighted by Crippen LogP contribution is -2.47. The lowest BCUT2D eigenvalue weighted by molar-refractivity contribution is 0.0254. The molecule has 0 aromatic carbocycles. The van der Waals surface area contributed by atoms with E-state index in [1.54, 1.807) is 0 Å². The lowest BCUT2D eigenvalue weighted by Gasteiger charge is -2.40. The van der Waals surface area contributed by atoms with Crippen molar-refractivity contribution in [3.05, 3.63) is 0 Å². The first-order chi connectivity index (χ1) is 8.67. The Morgan fingerprint density at radius 3 is 2.28 bits per heavy atom. The van der Waals surface area contributed by atoms with Crippen molar-refractivity contribution in [3.8, 4) is 0 Å². The van der Waals surface area contributed by atoms with E-state index in [0.717, 1.165) is 32.3 Å². The third-order valence-electron chi connectivity index (χ3n) is 4.65. The first-order valence-electron chi connectivity index (χ1n) is 7.66. The monoisotopic (exact) mass is 256 g/mol. The summed E-state index contributed by atoms with van der Waals surface area (Å²) in [6, 6.07) is 0.720. The van der Waals surface area contributed by atoms with E-state index in [4.69, 9.17) is 4.74 Å².